The van der Waals surface area contributed by atoms with Crippen molar-refractivity contribution in [3.8, 4) is 11.3 Å². The number of aromatic amines is 1. The van der Waals surface area contributed by atoms with Crippen molar-refractivity contribution in [1.82, 2.24) is 14.4 Å². The van der Waals surface area contributed by atoms with Crippen molar-refractivity contribution >= 4 is 21.1 Å². The van der Waals surface area contributed by atoms with E-state index >= 15 is 0 Å². The normalized spacial score (nSPS) is 18.9. The fourth-order valence-corrected chi connectivity index (χ4v) is 5.65. The zero-order valence-corrected chi connectivity index (χ0v) is 19.2. The van der Waals surface area contributed by atoms with E-state index in [1.165, 1.54) is 25.1 Å². The maximum atomic E-state index is 14.5. The summed E-state index contributed by atoms with van der Waals surface area (Å²) in [5, 5.41) is 19.0. The van der Waals surface area contributed by atoms with Gasteiger partial charge in [0.2, 0.25) is 0 Å². The molecule has 184 valence electrons. The third kappa shape index (κ3) is 4.98. The van der Waals surface area contributed by atoms with E-state index in [2.05, 4.69) is 14.4 Å². The number of hydrogen-bond acceptors (Lipinski definition) is 4. The minimum absolute atomic E-state index is 0.0273. The molecular weight excluding hydrogens is 471 g/mol. The van der Waals surface area contributed by atoms with Crippen LogP contribution in [0.2, 0.25) is 0 Å². The molecule has 4 rings (SSSR count). The van der Waals surface area contributed by atoms with Gasteiger partial charge >= 0.3 is 0 Å². The highest BCUT2D eigenvalue weighted by molar-refractivity contribution is 7.87. The summed E-state index contributed by atoms with van der Waals surface area (Å²) in [7, 11) is -3.97. The average molecular weight is 498 g/mol. The Hall–Kier alpha value is -2.44. The number of H-pyrrole nitrogens is 1. The van der Waals surface area contributed by atoms with Gasteiger partial charge in [0.15, 0.2) is 0 Å². The van der Waals surface area contributed by atoms with Crippen molar-refractivity contribution in [3.05, 3.63) is 59.4 Å². The van der Waals surface area contributed by atoms with Crippen LogP contribution in [0.3, 0.4) is 0 Å². The largest absolute Gasteiger partial charge is 0.394 e. The van der Waals surface area contributed by atoms with Gasteiger partial charge in [-0.2, -0.15) is 13.1 Å². The van der Waals surface area contributed by atoms with Crippen LogP contribution in [0.5, 0.6) is 0 Å². The lowest BCUT2D eigenvalue weighted by molar-refractivity contribution is 0.121. The molecule has 7 nitrogen and oxygen atoms in total. The van der Waals surface area contributed by atoms with E-state index in [9.17, 15) is 31.8 Å². The second kappa shape index (κ2) is 9.31. The van der Waals surface area contributed by atoms with Gasteiger partial charge in [0.1, 0.15) is 17.5 Å². The van der Waals surface area contributed by atoms with Crippen molar-refractivity contribution in [1.29, 1.82) is 0 Å². The molecule has 0 atom stereocenters. The summed E-state index contributed by atoms with van der Waals surface area (Å²) in [6.45, 7) is 0.346. The molecule has 11 heteroatoms. The average Bonchev–Trinajstić information content (AvgIpc) is 3.12. The van der Waals surface area contributed by atoms with Gasteiger partial charge in [-0.3, -0.25) is 0 Å². The lowest BCUT2D eigenvalue weighted by atomic mass is 9.70. The Morgan fingerprint density at radius 2 is 1.71 bits per heavy atom. The zero-order chi connectivity index (χ0) is 24.7. The molecule has 0 spiro atoms. The molecular formula is C23H26F3N3O4S. The first-order valence-electron chi connectivity index (χ1n) is 10.8. The van der Waals surface area contributed by atoms with Crippen LogP contribution in [0.25, 0.3) is 22.2 Å². The molecule has 0 bridgehead atoms. The molecule has 1 saturated carbocycles. The molecule has 1 aliphatic carbocycles. The number of benzene rings is 2. The Morgan fingerprint density at radius 3 is 2.32 bits per heavy atom. The molecule has 2 aromatic carbocycles. The number of halogens is 3. The SMILES string of the molecule is CC(CO)(CO)NS(=O)(=O)NCC1CC(c2c(-c3ccc(F)cc3)[nH]c3c(F)cc(F)cc23)C1. The van der Waals surface area contributed by atoms with Gasteiger partial charge in [-0.1, -0.05) is 0 Å². The lowest BCUT2D eigenvalue weighted by Crippen LogP contribution is -2.55. The highest BCUT2D eigenvalue weighted by atomic mass is 32.2. The van der Waals surface area contributed by atoms with Gasteiger partial charge < -0.3 is 15.2 Å². The number of aliphatic hydroxyl groups excluding tert-OH is 2. The van der Waals surface area contributed by atoms with Crippen molar-refractivity contribution in [2.24, 2.45) is 5.92 Å². The Labute approximate surface area is 195 Å². The number of nitrogens with one attached hydrogen (secondary N) is 3. The van der Waals surface area contributed by atoms with E-state index in [1.807, 2.05) is 0 Å². The van der Waals surface area contributed by atoms with E-state index in [0.717, 1.165) is 6.07 Å². The van der Waals surface area contributed by atoms with E-state index in [0.29, 0.717) is 35.0 Å². The fraction of sp³-hybridized carbons (Fsp3) is 0.391. The molecule has 0 aliphatic heterocycles. The first-order valence-corrected chi connectivity index (χ1v) is 12.3. The van der Waals surface area contributed by atoms with Crippen LogP contribution in [-0.4, -0.2) is 48.9 Å². The summed E-state index contributed by atoms with van der Waals surface area (Å²) in [5.41, 5.74) is 0.692. The molecule has 0 saturated heterocycles. The standard InChI is InChI=1S/C23H26F3N3O4S/c1-23(11-30,12-31)29-34(32,33)27-10-13-6-15(7-13)20-18-8-17(25)9-19(26)22(18)28-21(20)14-2-4-16(24)5-3-14/h2-5,8-9,13,15,27-31H,6-7,10-12H2,1H3. The molecule has 1 aliphatic rings. The first kappa shape index (κ1) is 24.7. The van der Waals surface area contributed by atoms with Crippen LogP contribution in [0.4, 0.5) is 13.2 Å². The van der Waals surface area contributed by atoms with Gasteiger partial charge in [-0.05, 0) is 73.1 Å². The number of aromatic nitrogens is 1. The Morgan fingerprint density at radius 1 is 1.06 bits per heavy atom. The summed E-state index contributed by atoms with van der Waals surface area (Å²) >= 11 is 0. The molecule has 1 fully saturated rings. The monoisotopic (exact) mass is 497 g/mol. The van der Waals surface area contributed by atoms with E-state index in [4.69, 9.17) is 0 Å². The summed E-state index contributed by atoms with van der Waals surface area (Å²) in [5.74, 6) is -1.96. The minimum Gasteiger partial charge on any atom is -0.394 e. The van der Waals surface area contributed by atoms with Gasteiger partial charge in [0.25, 0.3) is 10.2 Å². The Kier molecular flexibility index (Phi) is 6.76. The van der Waals surface area contributed by atoms with Crippen LogP contribution in [0.1, 0.15) is 31.2 Å². The Bertz CT molecular complexity index is 1290. The second-order valence-electron chi connectivity index (χ2n) is 9.10. The van der Waals surface area contributed by atoms with Crippen LogP contribution < -0.4 is 9.44 Å². The van der Waals surface area contributed by atoms with Crippen molar-refractivity contribution in [2.75, 3.05) is 19.8 Å². The van der Waals surface area contributed by atoms with Gasteiger partial charge in [0.05, 0.1) is 30.0 Å². The third-order valence-electron chi connectivity index (χ3n) is 6.28. The van der Waals surface area contributed by atoms with Crippen molar-refractivity contribution < 1.29 is 31.8 Å². The van der Waals surface area contributed by atoms with Gasteiger partial charge in [-0.25, -0.2) is 17.9 Å². The molecule has 0 amide bonds. The zero-order valence-electron chi connectivity index (χ0n) is 18.4. The molecule has 3 aromatic rings. The predicted octanol–water partition coefficient (Wildman–Crippen LogP) is 2.91. The number of rotatable bonds is 9. The molecule has 0 unspecified atom stereocenters. The highest BCUT2D eigenvalue weighted by Crippen LogP contribution is 2.48. The first-order chi connectivity index (χ1) is 16.0. The smallest absolute Gasteiger partial charge is 0.277 e. The van der Waals surface area contributed by atoms with E-state index in [-0.39, 0.29) is 23.9 Å². The quantitative estimate of drug-likeness (QED) is 0.313. The molecule has 34 heavy (non-hydrogen) atoms. The summed E-state index contributed by atoms with van der Waals surface area (Å²) < 4.78 is 71.1. The molecule has 1 heterocycles. The second-order valence-corrected chi connectivity index (χ2v) is 10.6. The summed E-state index contributed by atoms with van der Waals surface area (Å²) in [4.78, 5) is 3.02. The van der Waals surface area contributed by atoms with Crippen LogP contribution in [0, 0.1) is 23.4 Å². The third-order valence-corrected chi connectivity index (χ3v) is 7.59. The fourth-order valence-electron chi connectivity index (χ4n) is 4.35. The van der Waals surface area contributed by atoms with Gasteiger partial charge in [0, 0.05) is 18.0 Å². The molecule has 1 aromatic heterocycles. The van der Waals surface area contributed by atoms with Crippen LogP contribution in [0.15, 0.2) is 36.4 Å². The predicted molar refractivity (Wildman–Crippen MR) is 122 cm³/mol. The van der Waals surface area contributed by atoms with Crippen LogP contribution in [-0.2, 0) is 10.2 Å². The Balaban J connectivity index is 1.54. The summed E-state index contributed by atoms with van der Waals surface area (Å²) in [6, 6.07) is 7.77. The van der Waals surface area contributed by atoms with Crippen LogP contribution >= 0.6 is 0 Å². The number of fused-ring (bicyclic) bond motifs is 1. The number of hydrogen-bond donors (Lipinski definition) is 5. The number of aliphatic hydroxyl groups is 2. The van der Waals surface area contributed by atoms with E-state index in [1.54, 1.807) is 12.1 Å². The maximum Gasteiger partial charge on any atom is 0.277 e. The van der Waals surface area contributed by atoms with Crippen molar-refractivity contribution in [3.63, 3.8) is 0 Å². The summed E-state index contributed by atoms with van der Waals surface area (Å²) in [6.07, 6.45) is 1.14. The molecule has 0 radical (unpaired) electrons. The maximum absolute atomic E-state index is 14.5. The highest BCUT2D eigenvalue weighted by Gasteiger charge is 2.36. The molecule has 5 N–H and O–H groups in total. The van der Waals surface area contributed by atoms with E-state index < -0.39 is 46.4 Å². The topological polar surface area (TPSA) is 114 Å². The minimum atomic E-state index is -3.97. The van der Waals surface area contributed by atoms with Gasteiger partial charge in [-0.15, -0.1) is 0 Å². The lowest BCUT2D eigenvalue weighted by Gasteiger charge is -2.36. The van der Waals surface area contributed by atoms with Crippen molar-refractivity contribution in [2.45, 2.75) is 31.2 Å².